The van der Waals surface area contributed by atoms with Gasteiger partial charge in [0.2, 0.25) is 0 Å². The van der Waals surface area contributed by atoms with Gasteiger partial charge in [0.15, 0.2) is 0 Å². The third kappa shape index (κ3) is 4.32. The zero-order chi connectivity index (χ0) is 24.6. The molecule has 2 fully saturated rings. The van der Waals surface area contributed by atoms with Gasteiger partial charge < -0.3 is 15.2 Å². The first-order valence-corrected chi connectivity index (χ1v) is 12.8. The molecule has 2 aromatic heterocycles. The van der Waals surface area contributed by atoms with Crippen molar-refractivity contribution >= 4 is 11.3 Å². The number of nitrogens with zero attached hydrogens (tertiary/aromatic N) is 3. The van der Waals surface area contributed by atoms with Gasteiger partial charge in [0.05, 0.1) is 13.2 Å². The summed E-state index contributed by atoms with van der Waals surface area (Å²) >= 11 is 0. The second kappa shape index (κ2) is 9.54. The fraction of sp³-hybridized carbons (Fsp3) is 0.379. The van der Waals surface area contributed by atoms with E-state index in [0.717, 1.165) is 41.0 Å². The number of fused-ring (bicyclic) bond motifs is 1. The van der Waals surface area contributed by atoms with Crippen LogP contribution in [0.2, 0.25) is 0 Å². The van der Waals surface area contributed by atoms with Crippen molar-refractivity contribution in [3.8, 4) is 17.0 Å². The maximum absolute atomic E-state index is 13.7. The van der Waals surface area contributed by atoms with Crippen molar-refractivity contribution in [2.45, 2.75) is 63.1 Å². The highest BCUT2D eigenvalue weighted by molar-refractivity contribution is 5.85. The summed E-state index contributed by atoms with van der Waals surface area (Å²) in [4.78, 5) is 9.45. The van der Waals surface area contributed by atoms with Gasteiger partial charge in [0.1, 0.15) is 40.5 Å². The Kier molecular flexibility index (Phi) is 6.09. The van der Waals surface area contributed by atoms with E-state index in [1.54, 1.807) is 19.4 Å². The van der Waals surface area contributed by atoms with Crippen molar-refractivity contribution < 1.29 is 13.9 Å². The van der Waals surface area contributed by atoms with E-state index in [1.165, 1.54) is 49.8 Å². The van der Waals surface area contributed by atoms with Gasteiger partial charge in [-0.2, -0.15) is 0 Å². The highest BCUT2D eigenvalue weighted by Crippen LogP contribution is 2.45. The predicted octanol–water partition coefficient (Wildman–Crippen LogP) is 6.25. The van der Waals surface area contributed by atoms with E-state index in [9.17, 15) is 4.39 Å². The van der Waals surface area contributed by atoms with Crippen molar-refractivity contribution in [3.05, 3.63) is 77.6 Å². The summed E-state index contributed by atoms with van der Waals surface area (Å²) in [7, 11) is 1.60. The average molecular weight is 487 g/mol. The molecule has 0 radical (unpaired) electrons. The molecule has 0 bridgehead atoms. The van der Waals surface area contributed by atoms with Gasteiger partial charge in [-0.25, -0.2) is 14.4 Å². The molecule has 6 rings (SSSR count). The molecular formula is C29H31FN4O2. The zero-order valence-corrected chi connectivity index (χ0v) is 20.5. The fourth-order valence-corrected chi connectivity index (χ4v) is 5.64. The SMILES string of the molecule is COc1ccc(F)cc1C1OC1CCc1ccc(-c2nc(C3CCCCC3)n3ccnc(N)c23)cc1. The van der Waals surface area contributed by atoms with E-state index < -0.39 is 0 Å². The second-order valence-electron chi connectivity index (χ2n) is 9.90. The molecule has 2 aromatic carbocycles. The van der Waals surface area contributed by atoms with Gasteiger partial charge in [-0.3, -0.25) is 4.40 Å². The van der Waals surface area contributed by atoms with Crippen LogP contribution in [0, 0.1) is 5.82 Å². The number of aromatic nitrogens is 3. The first kappa shape index (κ1) is 23.0. The van der Waals surface area contributed by atoms with Crippen LogP contribution in [0.1, 0.15) is 67.5 Å². The number of methoxy groups -OCH3 is 1. The van der Waals surface area contributed by atoms with Crippen LogP contribution >= 0.6 is 0 Å². The quantitative estimate of drug-likeness (QED) is 0.313. The molecule has 2 aliphatic rings. The Labute approximate surface area is 210 Å². The minimum absolute atomic E-state index is 0.0707. The molecule has 0 amide bonds. The van der Waals surface area contributed by atoms with Gasteiger partial charge in [-0.15, -0.1) is 0 Å². The number of ether oxygens (including phenoxy) is 2. The number of imidazole rings is 1. The molecule has 7 heteroatoms. The third-order valence-electron chi connectivity index (χ3n) is 7.61. The number of anilines is 1. The summed E-state index contributed by atoms with van der Waals surface area (Å²) in [6, 6.07) is 13.1. The summed E-state index contributed by atoms with van der Waals surface area (Å²) in [5.41, 5.74) is 11.2. The number of rotatable bonds is 7. The highest BCUT2D eigenvalue weighted by atomic mass is 19.1. The maximum Gasteiger partial charge on any atom is 0.150 e. The van der Waals surface area contributed by atoms with E-state index in [4.69, 9.17) is 20.2 Å². The van der Waals surface area contributed by atoms with Crippen LogP contribution in [-0.2, 0) is 11.2 Å². The number of halogens is 1. The number of nitrogen functional groups attached to an aromatic ring is 1. The van der Waals surface area contributed by atoms with Crippen LogP contribution in [0.3, 0.4) is 0 Å². The van der Waals surface area contributed by atoms with Crippen LogP contribution in [0.5, 0.6) is 5.75 Å². The van der Waals surface area contributed by atoms with Crippen molar-refractivity contribution in [2.75, 3.05) is 12.8 Å². The lowest BCUT2D eigenvalue weighted by atomic mass is 9.89. The summed E-state index contributed by atoms with van der Waals surface area (Å²) in [6.07, 6.45) is 11.6. The molecule has 186 valence electrons. The molecule has 36 heavy (non-hydrogen) atoms. The first-order valence-electron chi connectivity index (χ1n) is 12.8. The summed E-state index contributed by atoms with van der Waals surface area (Å²) < 4.78 is 27.1. The van der Waals surface area contributed by atoms with Crippen LogP contribution in [-0.4, -0.2) is 27.6 Å². The third-order valence-corrected chi connectivity index (χ3v) is 7.61. The second-order valence-corrected chi connectivity index (χ2v) is 9.90. The molecule has 2 unspecified atom stereocenters. The molecule has 1 saturated heterocycles. The number of aryl methyl sites for hydroxylation is 1. The monoisotopic (exact) mass is 486 g/mol. The summed E-state index contributed by atoms with van der Waals surface area (Å²) in [6.45, 7) is 0. The van der Waals surface area contributed by atoms with Gasteiger partial charge in [0, 0.05) is 29.4 Å². The van der Waals surface area contributed by atoms with Crippen LogP contribution < -0.4 is 10.5 Å². The minimum Gasteiger partial charge on any atom is -0.496 e. The lowest BCUT2D eigenvalue weighted by Gasteiger charge is -2.20. The average Bonchev–Trinajstić information content (AvgIpc) is 3.58. The molecule has 1 aliphatic heterocycles. The van der Waals surface area contributed by atoms with E-state index in [1.807, 2.05) is 6.20 Å². The predicted molar refractivity (Wildman–Crippen MR) is 138 cm³/mol. The van der Waals surface area contributed by atoms with Crippen molar-refractivity contribution in [1.29, 1.82) is 0 Å². The van der Waals surface area contributed by atoms with Crippen LogP contribution in [0.25, 0.3) is 16.8 Å². The Bertz CT molecular complexity index is 1380. The van der Waals surface area contributed by atoms with Gasteiger partial charge in [-0.05, 0) is 49.4 Å². The maximum atomic E-state index is 13.7. The fourth-order valence-electron chi connectivity index (χ4n) is 5.64. The summed E-state index contributed by atoms with van der Waals surface area (Å²) in [5.74, 6) is 2.47. The van der Waals surface area contributed by atoms with Gasteiger partial charge in [0.25, 0.3) is 0 Å². The number of nitrogens with two attached hydrogens (primary N) is 1. The molecule has 0 spiro atoms. The Balaban J connectivity index is 1.18. The largest absolute Gasteiger partial charge is 0.496 e. The molecular weight excluding hydrogens is 455 g/mol. The number of hydrogen-bond acceptors (Lipinski definition) is 5. The smallest absolute Gasteiger partial charge is 0.150 e. The first-order chi connectivity index (χ1) is 17.6. The van der Waals surface area contributed by atoms with E-state index >= 15 is 0 Å². The lowest BCUT2D eigenvalue weighted by Crippen LogP contribution is -2.09. The molecule has 2 N–H and O–H groups in total. The number of epoxide rings is 1. The molecule has 1 saturated carbocycles. The normalized spacial score (nSPS) is 20.1. The van der Waals surface area contributed by atoms with Gasteiger partial charge in [-0.1, -0.05) is 43.5 Å². The van der Waals surface area contributed by atoms with E-state index in [-0.39, 0.29) is 18.0 Å². The highest BCUT2D eigenvalue weighted by Gasteiger charge is 2.41. The van der Waals surface area contributed by atoms with Crippen LogP contribution in [0.4, 0.5) is 10.2 Å². The minimum atomic E-state index is -0.273. The van der Waals surface area contributed by atoms with E-state index in [0.29, 0.717) is 17.5 Å². The number of benzene rings is 2. The molecule has 2 atom stereocenters. The van der Waals surface area contributed by atoms with E-state index in [2.05, 4.69) is 33.7 Å². The Morgan fingerprint density at radius 1 is 1.11 bits per heavy atom. The molecule has 3 heterocycles. The Morgan fingerprint density at radius 2 is 1.92 bits per heavy atom. The molecule has 6 nitrogen and oxygen atoms in total. The van der Waals surface area contributed by atoms with Crippen molar-refractivity contribution in [2.24, 2.45) is 0 Å². The molecule has 4 aromatic rings. The standard InChI is InChI=1S/C29H31FN4O2/c1-35-23-14-12-21(30)17-22(23)27-24(36-27)13-9-18-7-10-19(11-8-18)25-26-28(31)32-15-16-34(26)29(33-25)20-5-3-2-4-6-20/h7-8,10-12,14-17,20,24,27H,2-6,9,13H2,1H3,(H2,31,32). The summed E-state index contributed by atoms with van der Waals surface area (Å²) in [5, 5.41) is 0. The molecule has 1 aliphatic carbocycles. The van der Waals surface area contributed by atoms with Gasteiger partial charge >= 0.3 is 0 Å². The number of hydrogen-bond donors (Lipinski definition) is 1. The Hall–Kier alpha value is -3.45. The zero-order valence-electron chi connectivity index (χ0n) is 20.5. The Morgan fingerprint density at radius 3 is 2.69 bits per heavy atom. The van der Waals surface area contributed by atoms with Crippen LogP contribution in [0.15, 0.2) is 54.9 Å². The lowest BCUT2D eigenvalue weighted by molar-refractivity contribution is 0.355. The van der Waals surface area contributed by atoms with Crippen molar-refractivity contribution in [1.82, 2.24) is 14.4 Å². The topological polar surface area (TPSA) is 78.0 Å². The van der Waals surface area contributed by atoms with Crippen molar-refractivity contribution in [3.63, 3.8) is 0 Å².